The first-order valence-corrected chi connectivity index (χ1v) is 8.11. The highest BCUT2D eigenvalue weighted by Gasteiger charge is 2.28. The lowest BCUT2D eigenvalue weighted by Crippen LogP contribution is -2.50. The minimum absolute atomic E-state index is 0.0211. The average Bonchev–Trinajstić information content (AvgIpc) is 2.56. The molecular weight excluding hydrogens is 304 g/mol. The summed E-state index contributed by atoms with van der Waals surface area (Å²) in [6.45, 7) is 3.10. The predicted octanol–water partition coefficient (Wildman–Crippen LogP) is 2.60. The van der Waals surface area contributed by atoms with Crippen LogP contribution in [0.2, 0.25) is 5.02 Å². The Hall–Kier alpha value is -1.30. The summed E-state index contributed by atoms with van der Waals surface area (Å²) in [6, 6.07) is 7.82. The quantitative estimate of drug-likeness (QED) is 0.909. The van der Waals surface area contributed by atoms with Crippen LogP contribution in [0.1, 0.15) is 24.5 Å². The molecule has 22 heavy (non-hydrogen) atoms. The number of nitrogens with one attached hydrogen (secondary N) is 1. The van der Waals surface area contributed by atoms with E-state index in [1.807, 2.05) is 29.2 Å². The SMILES string of the molecule is O=C(NC1CCOCC1)N1CCOC(c2ccccc2Cl)C1. The van der Waals surface area contributed by atoms with Crippen LogP contribution in [-0.2, 0) is 9.47 Å². The summed E-state index contributed by atoms with van der Waals surface area (Å²) >= 11 is 6.23. The number of carbonyl (C=O) groups is 1. The van der Waals surface area contributed by atoms with Gasteiger partial charge in [-0.05, 0) is 18.9 Å². The second-order valence-corrected chi connectivity index (χ2v) is 6.07. The summed E-state index contributed by atoms with van der Waals surface area (Å²) < 4.78 is 11.1. The second-order valence-electron chi connectivity index (χ2n) is 5.66. The van der Waals surface area contributed by atoms with E-state index in [9.17, 15) is 4.79 Å². The summed E-state index contributed by atoms with van der Waals surface area (Å²) in [7, 11) is 0. The van der Waals surface area contributed by atoms with E-state index < -0.39 is 0 Å². The molecule has 0 aliphatic carbocycles. The molecule has 6 heteroatoms. The third-order valence-electron chi connectivity index (χ3n) is 4.15. The highest BCUT2D eigenvalue weighted by molar-refractivity contribution is 6.31. The third kappa shape index (κ3) is 3.72. The van der Waals surface area contributed by atoms with Gasteiger partial charge in [-0.2, -0.15) is 0 Å². The van der Waals surface area contributed by atoms with Crippen molar-refractivity contribution in [2.75, 3.05) is 32.9 Å². The third-order valence-corrected chi connectivity index (χ3v) is 4.50. The highest BCUT2D eigenvalue weighted by Crippen LogP contribution is 2.28. The molecule has 0 saturated carbocycles. The number of ether oxygens (including phenoxy) is 2. The van der Waals surface area contributed by atoms with Crippen molar-refractivity contribution in [1.29, 1.82) is 0 Å². The zero-order valence-corrected chi connectivity index (χ0v) is 13.2. The Balaban J connectivity index is 1.60. The van der Waals surface area contributed by atoms with Gasteiger partial charge in [0.05, 0.1) is 13.2 Å². The standard InChI is InChI=1S/C16H21ClN2O3/c17-14-4-2-1-3-13(14)15-11-19(7-10-22-15)16(20)18-12-5-8-21-9-6-12/h1-4,12,15H,5-11H2,(H,18,20). The lowest BCUT2D eigenvalue weighted by Gasteiger charge is -2.35. The van der Waals surface area contributed by atoms with Crippen LogP contribution in [0.3, 0.4) is 0 Å². The molecule has 0 radical (unpaired) electrons. The molecular formula is C16H21ClN2O3. The molecule has 1 unspecified atom stereocenters. The van der Waals surface area contributed by atoms with Crippen molar-refractivity contribution in [1.82, 2.24) is 10.2 Å². The van der Waals surface area contributed by atoms with Gasteiger partial charge < -0.3 is 19.7 Å². The zero-order chi connectivity index (χ0) is 15.4. The average molecular weight is 325 g/mol. The van der Waals surface area contributed by atoms with Gasteiger partial charge in [0.15, 0.2) is 0 Å². The first kappa shape index (κ1) is 15.6. The number of carbonyl (C=O) groups excluding carboxylic acids is 1. The number of hydrogen-bond donors (Lipinski definition) is 1. The zero-order valence-electron chi connectivity index (χ0n) is 12.5. The molecule has 0 spiro atoms. The molecule has 1 aromatic rings. The van der Waals surface area contributed by atoms with E-state index in [1.165, 1.54) is 0 Å². The molecule has 2 saturated heterocycles. The number of hydrogen-bond acceptors (Lipinski definition) is 3. The van der Waals surface area contributed by atoms with Gasteiger partial charge in [0.2, 0.25) is 0 Å². The topological polar surface area (TPSA) is 50.8 Å². The van der Waals surface area contributed by atoms with Crippen LogP contribution in [-0.4, -0.2) is 49.9 Å². The van der Waals surface area contributed by atoms with E-state index in [4.69, 9.17) is 21.1 Å². The van der Waals surface area contributed by atoms with E-state index in [-0.39, 0.29) is 18.2 Å². The van der Waals surface area contributed by atoms with Gasteiger partial charge in [0.1, 0.15) is 6.10 Å². The molecule has 1 N–H and O–H groups in total. The maximum Gasteiger partial charge on any atom is 0.317 e. The molecule has 2 heterocycles. The Morgan fingerprint density at radius 1 is 1.23 bits per heavy atom. The lowest BCUT2D eigenvalue weighted by molar-refractivity contribution is -0.0164. The summed E-state index contributed by atoms with van der Waals surface area (Å²) in [5, 5.41) is 3.77. The van der Waals surface area contributed by atoms with Crippen molar-refractivity contribution in [2.45, 2.75) is 25.0 Å². The largest absolute Gasteiger partial charge is 0.381 e. The normalized spacial score (nSPS) is 23.3. The van der Waals surface area contributed by atoms with Gasteiger partial charge in [-0.25, -0.2) is 4.79 Å². The van der Waals surface area contributed by atoms with E-state index in [0.717, 1.165) is 31.6 Å². The van der Waals surface area contributed by atoms with Crippen LogP contribution in [0, 0.1) is 0 Å². The Morgan fingerprint density at radius 3 is 2.77 bits per heavy atom. The van der Waals surface area contributed by atoms with Crippen molar-refractivity contribution in [2.24, 2.45) is 0 Å². The molecule has 2 aliphatic heterocycles. The molecule has 2 amide bonds. The number of halogens is 1. The van der Waals surface area contributed by atoms with Crippen molar-refractivity contribution in [3.8, 4) is 0 Å². The second kappa shape index (κ2) is 7.31. The van der Waals surface area contributed by atoms with Crippen LogP contribution in [0.15, 0.2) is 24.3 Å². The van der Waals surface area contributed by atoms with Gasteiger partial charge in [0.25, 0.3) is 0 Å². The van der Waals surface area contributed by atoms with Crippen molar-refractivity contribution >= 4 is 17.6 Å². The Kier molecular flexibility index (Phi) is 5.18. The number of rotatable bonds is 2. The van der Waals surface area contributed by atoms with Gasteiger partial charge in [-0.1, -0.05) is 29.8 Å². The number of urea groups is 1. The molecule has 5 nitrogen and oxygen atoms in total. The summed E-state index contributed by atoms with van der Waals surface area (Å²) in [5.41, 5.74) is 0.938. The number of nitrogens with zero attached hydrogens (tertiary/aromatic N) is 1. The van der Waals surface area contributed by atoms with E-state index in [2.05, 4.69) is 5.32 Å². The molecule has 0 aromatic heterocycles. The minimum atomic E-state index is -0.164. The van der Waals surface area contributed by atoms with Crippen LogP contribution in [0.5, 0.6) is 0 Å². The van der Waals surface area contributed by atoms with Crippen molar-refractivity contribution in [3.05, 3.63) is 34.9 Å². The molecule has 3 rings (SSSR count). The predicted molar refractivity (Wildman–Crippen MR) is 84.1 cm³/mol. The molecule has 1 aromatic carbocycles. The fraction of sp³-hybridized carbons (Fsp3) is 0.562. The summed E-state index contributed by atoms with van der Waals surface area (Å²) in [5.74, 6) is 0. The maximum absolute atomic E-state index is 12.4. The van der Waals surface area contributed by atoms with Crippen LogP contribution < -0.4 is 5.32 Å². The Bertz CT molecular complexity index is 520. The molecule has 2 aliphatic rings. The lowest BCUT2D eigenvalue weighted by atomic mass is 10.1. The summed E-state index contributed by atoms with van der Waals surface area (Å²) in [4.78, 5) is 14.2. The van der Waals surface area contributed by atoms with Gasteiger partial charge in [-0.3, -0.25) is 0 Å². The van der Waals surface area contributed by atoms with Gasteiger partial charge in [0, 0.05) is 36.4 Å². The van der Waals surface area contributed by atoms with Crippen LogP contribution >= 0.6 is 11.6 Å². The summed E-state index contributed by atoms with van der Waals surface area (Å²) in [6.07, 6.45) is 1.59. The Labute approximate surface area is 135 Å². The van der Waals surface area contributed by atoms with Gasteiger partial charge in [-0.15, -0.1) is 0 Å². The highest BCUT2D eigenvalue weighted by atomic mass is 35.5. The van der Waals surface area contributed by atoms with E-state index >= 15 is 0 Å². The smallest absolute Gasteiger partial charge is 0.317 e. The fourth-order valence-corrected chi connectivity index (χ4v) is 3.12. The van der Waals surface area contributed by atoms with Crippen LogP contribution in [0.4, 0.5) is 4.79 Å². The first-order valence-electron chi connectivity index (χ1n) is 7.73. The van der Waals surface area contributed by atoms with Gasteiger partial charge >= 0.3 is 6.03 Å². The molecule has 120 valence electrons. The Morgan fingerprint density at radius 2 is 2.00 bits per heavy atom. The molecule has 0 bridgehead atoms. The van der Waals surface area contributed by atoms with E-state index in [1.54, 1.807) is 0 Å². The molecule has 1 atom stereocenters. The molecule has 2 fully saturated rings. The fourth-order valence-electron chi connectivity index (χ4n) is 2.87. The van der Waals surface area contributed by atoms with Crippen molar-refractivity contribution in [3.63, 3.8) is 0 Å². The maximum atomic E-state index is 12.4. The van der Waals surface area contributed by atoms with Crippen molar-refractivity contribution < 1.29 is 14.3 Å². The number of amides is 2. The number of benzene rings is 1. The monoisotopic (exact) mass is 324 g/mol. The minimum Gasteiger partial charge on any atom is -0.381 e. The van der Waals surface area contributed by atoms with Crippen LogP contribution in [0.25, 0.3) is 0 Å². The first-order chi connectivity index (χ1) is 10.7. The van der Waals surface area contributed by atoms with E-state index in [0.29, 0.717) is 24.7 Å². The number of morpholine rings is 1.